The fourth-order valence-electron chi connectivity index (χ4n) is 3.51. The van der Waals surface area contributed by atoms with Crippen molar-refractivity contribution in [1.29, 1.82) is 0 Å². The van der Waals surface area contributed by atoms with E-state index in [1.807, 2.05) is 13.0 Å². The molecular weight excluding hydrogens is 350 g/mol. The van der Waals surface area contributed by atoms with E-state index in [2.05, 4.69) is 0 Å². The van der Waals surface area contributed by atoms with Gasteiger partial charge in [-0.05, 0) is 24.3 Å². The molecule has 144 valence electrons. The third-order valence-corrected chi connectivity index (χ3v) is 4.87. The van der Waals surface area contributed by atoms with Crippen LogP contribution in [-0.4, -0.2) is 39.5 Å². The van der Waals surface area contributed by atoms with Crippen LogP contribution in [0.25, 0.3) is 0 Å². The third-order valence-electron chi connectivity index (χ3n) is 4.87. The predicted molar refractivity (Wildman–Crippen MR) is 100 cm³/mol. The van der Waals surface area contributed by atoms with Gasteiger partial charge in [0, 0.05) is 17.3 Å². The van der Waals surface area contributed by atoms with Gasteiger partial charge in [0.2, 0.25) is 11.7 Å². The molecule has 2 atom stereocenters. The standard InChI is InChI=1S/C20H23NO6/c1-11-17(13-7-9-16(25-3)19(27-5)18(13)26-4)21(20(11)23)12-6-8-15(24-2)14(22)10-12/h6-11,17,22H,1-5H3. The molecule has 2 unspecified atom stereocenters. The highest BCUT2D eigenvalue weighted by Crippen LogP contribution is 2.51. The number of anilines is 1. The minimum atomic E-state index is -0.264. The Morgan fingerprint density at radius 3 is 2.07 bits per heavy atom. The van der Waals surface area contributed by atoms with Gasteiger partial charge in [-0.1, -0.05) is 6.92 Å². The summed E-state index contributed by atoms with van der Waals surface area (Å²) in [7, 11) is 6.12. The van der Waals surface area contributed by atoms with Crippen LogP contribution in [0, 0.1) is 5.92 Å². The second kappa shape index (κ2) is 7.26. The van der Waals surface area contributed by atoms with Crippen molar-refractivity contribution < 1.29 is 28.8 Å². The normalized spacial score (nSPS) is 18.7. The maximum absolute atomic E-state index is 12.6. The van der Waals surface area contributed by atoms with E-state index in [0.29, 0.717) is 28.7 Å². The van der Waals surface area contributed by atoms with Crippen LogP contribution in [-0.2, 0) is 4.79 Å². The van der Waals surface area contributed by atoms with Gasteiger partial charge in [0.1, 0.15) is 0 Å². The molecular formula is C20H23NO6. The zero-order valence-electron chi connectivity index (χ0n) is 16.0. The van der Waals surface area contributed by atoms with Crippen molar-refractivity contribution in [3.05, 3.63) is 35.9 Å². The summed E-state index contributed by atoms with van der Waals surface area (Å²) < 4.78 is 21.5. The first-order valence-corrected chi connectivity index (χ1v) is 8.47. The van der Waals surface area contributed by atoms with Crippen LogP contribution in [0.2, 0.25) is 0 Å². The third kappa shape index (κ3) is 2.89. The number of hydrogen-bond donors (Lipinski definition) is 1. The first-order chi connectivity index (χ1) is 13.0. The van der Waals surface area contributed by atoms with E-state index in [4.69, 9.17) is 18.9 Å². The number of β-lactam (4-membered cyclic amide) rings is 1. The number of carbonyl (C=O) groups is 1. The number of phenols is 1. The number of amides is 1. The molecule has 0 bridgehead atoms. The molecule has 1 aliphatic rings. The van der Waals surface area contributed by atoms with Gasteiger partial charge in [-0.15, -0.1) is 0 Å². The van der Waals surface area contributed by atoms with Crippen LogP contribution in [0.5, 0.6) is 28.7 Å². The lowest BCUT2D eigenvalue weighted by Crippen LogP contribution is -2.54. The average molecular weight is 373 g/mol. The van der Waals surface area contributed by atoms with E-state index in [0.717, 1.165) is 5.56 Å². The summed E-state index contributed by atoms with van der Waals surface area (Å²) >= 11 is 0. The van der Waals surface area contributed by atoms with Gasteiger partial charge < -0.3 is 29.0 Å². The number of hydrogen-bond acceptors (Lipinski definition) is 6. The lowest BCUT2D eigenvalue weighted by Gasteiger charge is -2.46. The average Bonchev–Trinajstić information content (AvgIpc) is 2.69. The zero-order valence-corrected chi connectivity index (χ0v) is 16.0. The topological polar surface area (TPSA) is 77.5 Å². The SMILES string of the molecule is COc1ccc(N2C(=O)C(C)C2c2ccc(OC)c(OC)c2OC)cc1O. The largest absolute Gasteiger partial charge is 0.504 e. The summed E-state index contributed by atoms with van der Waals surface area (Å²) in [6.07, 6.45) is 0. The molecule has 7 heteroatoms. The second-order valence-electron chi connectivity index (χ2n) is 6.22. The maximum Gasteiger partial charge on any atom is 0.232 e. The number of rotatable bonds is 6. The Labute approximate surface area is 158 Å². The van der Waals surface area contributed by atoms with Gasteiger partial charge in [0.25, 0.3) is 0 Å². The highest BCUT2D eigenvalue weighted by molar-refractivity contribution is 6.03. The van der Waals surface area contributed by atoms with Crippen LogP contribution in [0.4, 0.5) is 5.69 Å². The lowest BCUT2D eigenvalue weighted by atomic mass is 9.82. The fraction of sp³-hybridized carbons (Fsp3) is 0.350. The second-order valence-corrected chi connectivity index (χ2v) is 6.22. The molecule has 0 aliphatic carbocycles. The molecule has 0 spiro atoms. The Morgan fingerprint density at radius 2 is 1.52 bits per heavy atom. The van der Waals surface area contributed by atoms with E-state index in [1.165, 1.54) is 13.2 Å². The molecule has 27 heavy (non-hydrogen) atoms. The monoisotopic (exact) mass is 373 g/mol. The van der Waals surface area contributed by atoms with Crippen molar-refractivity contribution in [1.82, 2.24) is 0 Å². The molecule has 3 rings (SSSR count). The minimum Gasteiger partial charge on any atom is -0.504 e. The van der Waals surface area contributed by atoms with Crippen LogP contribution in [0.3, 0.4) is 0 Å². The molecule has 1 heterocycles. The molecule has 1 amide bonds. The summed E-state index contributed by atoms with van der Waals surface area (Å²) in [5.41, 5.74) is 1.38. The lowest BCUT2D eigenvalue weighted by molar-refractivity contribution is -0.129. The molecule has 0 radical (unpaired) electrons. The van der Waals surface area contributed by atoms with Crippen LogP contribution >= 0.6 is 0 Å². The number of carbonyl (C=O) groups excluding carboxylic acids is 1. The minimum absolute atomic E-state index is 0.0274. The summed E-state index contributed by atoms with van der Waals surface area (Å²) in [5, 5.41) is 10.1. The molecule has 1 aliphatic heterocycles. The fourth-order valence-corrected chi connectivity index (χ4v) is 3.51. The Kier molecular flexibility index (Phi) is 5.03. The van der Waals surface area contributed by atoms with Gasteiger partial charge in [0.15, 0.2) is 23.0 Å². The summed E-state index contributed by atoms with van der Waals surface area (Å²) in [5.74, 6) is 1.57. The van der Waals surface area contributed by atoms with Gasteiger partial charge in [0.05, 0.1) is 40.4 Å². The number of ether oxygens (including phenoxy) is 4. The van der Waals surface area contributed by atoms with Crippen LogP contribution < -0.4 is 23.8 Å². The van der Waals surface area contributed by atoms with Gasteiger partial charge in [-0.2, -0.15) is 0 Å². The summed E-state index contributed by atoms with van der Waals surface area (Å²) in [6.45, 7) is 1.86. The van der Waals surface area contributed by atoms with E-state index < -0.39 is 0 Å². The number of benzene rings is 2. The summed E-state index contributed by atoms with van der Waals surface area (Å²) in [6, 6.07) is 8.27. The predicted octanol–water partition coefficient (Wildman–Crippen LogP) is 3.15. The van der Waals surface area contributed by atoms with Crippen molar-refractivity contribution in [3.63, 3.8) is 0 Å². The molecule has 1 saturated heterocycles. The van der Waals surface area contributed by atoms with Crippen molar-refractivity contribution in [2.45, 2.75) is 13.0 Å². The summed E-state index contributed by atoms with van der Waals surface area (Å²) in [4.78, 5) is 14.2. The highest BCUT2D eigenvalue weighted by Gasteiger charge is 2.47. The molecule has 1 N–H and O–H groups in total. The number of nitrogens with zero attached hydrogens (tertiary/aromatic N) is 1. The van der Waals surface area contributed by atoms with Crippen molar-refractivity contribution >= 4 is 11.6 Å². The highest BCUT2D eigenvalue weighted by atomic mass is 16.5. The van der Waals surface area contributed by atoms with Gasteiger partial charge in [-0.3, -0.25) is 4.79 Å². The molecule has 0 aromatic heterocycles. The molecule has 2 aromatic carbocycles. The van der Waals surface area contributed by atoms with Crippen LogP contribution in [0.15, 0.2) is 30.3 Å². The first-order valence-electron chi connectivity index (χ1n) is 8.47. The Balaban J connectivity index is 2.08. The smallest absolute Gasteiger partial charge is 0.232 e. The van der Waals surface area contributed by atoms with Crippen molar-refractivity contribution in [3.8, 4) is 28.7 Å². The Hall–Kier alpha value is -3.09. The van der Waals surface area contributed by atoms with Crippen molar-refractivity contribution in [2.75, 3.05) is 33.3 Å². The molecule has 2 aromatic rings. The number of methoxy groups -OCH3 is 4. The van der Waals surface area contributed by atoms with Gasteiger partial charge in [-0.25, -0.2) is 0 Å². The molecule has 1 fully saturated rings. The van der Waals surface area contributed by atoms with E-state index >= 15 is 0 Å². The molecule has 7 nitrogen and oxygen atoms in total. The Bertz CT molecular complexity index is 866. The van der Waals surface area contributed by atoms with Crippen LogP contribution in [0.1, 0.15) is 18.5 Å². The van der Waals surface area contributed by atoms with E-state index in [-0.39, 0.29) is 23.6 Å². The zero-order chi connectivity index (χ0) is 19.7. The first kappa shape index (κ1) is 18.7. The Morgan fingerprint density at radius 1 is 0.889 bits per heavy atom. The number of phenolic OH excluding ortho intramolecular Hbond substituents is 1. The van der Waals surface area contributed by atoms with Crippen molar-refractivity contribution in [2.24, 2.45) is 5.92 Å². The van der Waals surface area contributed by atoms with E-state index in [9.17, 15) is 9.90 Å². The van der Waals surface area contributed by atoms with Gasteiger partial charge >= 0.3 is 0 Å². The number of aromatic hydroxyl groups is 1. The maximum atomic E-state index is 12.6. The quantitative estimate of drug-likeness (QED) is 0.784. The molecule has 0 saturated carbocycles. The van der Waals surface area contributed by atoms with E-state index in [1.54, 1.807) is 44.4 Å².